The molecule has 1 saturated heterocycles. The Hall–Kier alpha value is -2.02. The van der Waals surface area contributed by atoms with Crippen LogP contribution >= 0.6 is 11.3 Å². The molecular weight excluding hydrogens is 324 g/mol. The maximum absolute atomic E-state index is 11.8. The first-order valence-corrected chi connectivity index (χ1v) is 9.20. The van der Waals surface area contributed by atoms with Crippen molar-refractivity contribution in [2.24, 2.45) is 0 Å². The van der Waals surface area contributed by atoms with Gasteiger partial charge in [-0.3, -0.25) is 0 Å². The predicted octanol–water partition coefficient (Wildman–Crippen LogP) is 3.57. The molecule has 0 radical (unpaired) electrons. The maximum atomic E-state index is 11.8. The summed E-state index contributed by atoms with van der Waals surface area (Å²) in [5.74, 6) is 1.73. The zero-order valence-electron chi connectivity index (χ0n) is 14.2. The molecular formula is C17H22N4O2S. The van der Waals surface area contributed by atoms with Gasteiger partial charge in [0.1, 0.15) is 16.6 Å². The zero-order chi connectivity index (χ0) is 17.1. The van der Waals surface area contributed by atoms with Gasteiger partial charge in [0.2, 0.25) is 0 Å². The molecule has 2 aromatic rings. The Balaban J connectivity index is 1.83. The third-order valence-electron chi connectivity index (χ3n) is 4.01. The van der Waals surface area contributed by atoms with Gasteiger partial charge in [-0.2, -0.15) is 0 Å². The Kier molecular flexibility index (Phi) is 5.08. The van der Waals surface area contributed by atoms with Crippen LogP contribution in [0.1, 0.15) is 66.9 Å². The molecule has 128 valence electrons. The number of esters is 1. The van der Waals surface area contributed by atoms with Crippen LogP contribution in [-0.4, -0.2) is 34.1 Å². The quantitative estimate of drug-likeness (QED) is 0.771. The standard InChI is InChI=1S/C17H22N4O2S/c1-4-23-17(22)12-10-24-16(19-12)13-6-5-9-21(13)14-7-8-18-15(20-14)11(2)3/h7-8,10-11,13H,4-6,9H2,1-3H3/t13-/m0/s1. The highest BCUT2D eigenvalue weighted by atomic mass is 32.1. The van der Waals surface area contributed by atoms with E-state index in [4.69, 9.17) is 9.72 Å². The number of hydrogen-bond donors (Lipinski definition) is 0. The Morgan fingerprint density at radius 1 is 1.46 bits per heavy atom. The van der Waals surface area contributed by atoms with Gasteiger partial charge >= 0.3 is 5.97 Å². The fourth-order valence-electron chi connectivity index (χ4n) is 2.84. The van der Waals surface area contributed by atoms with E-state index in [9.17, 15) is 4.79 Å². The van der Waals surface area contributed by atoms with Crippen molar-refractivity contribution in [3.05, 3.63) is 34.2 Å². The van der Waals surface area contributed by atoms with Crippen molar-refractivity contribution in [3.8, 4) is 0 Å². The second kappa shape index (κ2) is 7.25. The largest absolute Gasteiger partial charge is 0.461 e. The van der Waals surface area contributed by atoms with Crippen LogP contribution in [0.2, 0.25) is 0 Å². The number of carbonyl (C=O) groups is 1. The lowest BCUT2D eigenvalue weighted by Crippen LogP contribution is -2.24. The van der Waals surface area contributed by atoms with Gasteiger partial charge < -0.3 is 9.64 Å². The molecule has 0 amide bonds. The number of hydrogen-bond acceptors (Lipinski definition) is 7. The molecule has 3 heterocycles. The number of aromatic nitrogens is 3. The lowest BCUT2D eigenvalue weighted by Gasteiger charge is -2.24. The first kappa shape index (κ1) is 16.8. The summed E-state index contributed by atoms with van der Waals surface area (Å²) < 4.78 is 5.03. The van der Waals surface area contributed by atoms with E-state index >= 15 is 0 Å². The Bertz CT molecular complexity index is 716. The highest BCUT2D eigenvalue weighted by Crippen LogP contribution is 2.36. The van der Waals surface area contributed by atoms with E-state index in [0.717, 1.165) is 36.0 Å². The molecule has 0 aromatic carbocycles. The second-order valence-electron chi connectivity index (χ2n) is 6.07. The molecule has 24 heavy (non-hydrogen) atoms. The van der Waals surface area contributed by atoms with Crippen LogP contribution in [0.25, 0.3) is 0 Å². The van der Waals surface area contributed by atoms with Gasteiger partial charge in [0.15, 0.2) is 5.69 Å². The molecule has 0 bridgehead atoms. The van der Waals surface area contributed by atoms with Crippen LogP contribution < -0.4 is 4.90 Å². The number of carbonyl (C=O) groups excluding carboxylic acids is 1. The molecule has 6 nitrogen and oxygen atoms in total. The minimum Gasteiger partial charge on any atom is -0.461 e. The summed E-state index contributed by atoms with van der Waals surface area (Å²) in [5.41, 5.74) is 0.397. The Labute approximate surface area is 145 Å². The highest BCUT2D eigenvalue weighted by Gasteiger charge is 2.30. The van der Waals surface area contributed by atoms with Crippen molar-refractivity contribution >= 4 is 23.1 Å². The molecule has 1 aliphatic heterocycles. The number of nitrogens with zero attached hydrogens (tertiary/aromatic N) is 4. The molecule has 1 atom stereocenters. The van der Waals surface area contributed by atoms with Gasteiger partial charge in [0.05, 0.1) is 12.6 Å². The van der Waals surface area contributed by atoms with E-state index in [1.165, 1.54) is 11.3 Å². The van der Waals surface area contributed by atoms with Crippen LogP contribution in [0.15, 0.2) is 17.6 Å². The summed E-state index contributed by atoms with van der Waals surface area (Å²) >= 11 is 1.51. The van der Waals surface area contributed by atoms with Gasteiger partial charge in [0, 0.05) is 24.0 Å². The average Bonchev–Trinajstić information content (AvgIpc) is 3.24. The summed E-state index contributed by atoms with van der Waals surface area (Å²) in [5, 5.41) is 2.73. The van der Waals surface area contributed by atoms with Crippen molar-refractivity contribution in [2.45, 2.75) is 45.6 Å². The third-order valence-corrected chi connectivity index (χ3v) is 4.96. The molecule has 0 spiro atoms. The molecule has 0 saturated carbocycles. The maximum Gasteiger partial charge on any atom is 0.357 e. The zero-order valence-corrected chi connectivity index (χ0v) is 15.0. The molecule has 0 aliphatic carbocycles. The molecule has 2 aromatic heterocycles. The second-order valence-corrected chi connectivity index (χ2v) is 6.96. The van der Waals surface area contributed by atoms with Gasteiger partial charge in [-0.1, -0.05) is 13.8 Å². The first-order chi connectivity index (χ1) is 11.6. The number of thiazole rings is 1. The highest BCUT2D eigenvalue weighted by molar-refractivity contribution is 7.10. The Morgan fingerprint density at radius 2 is 2.29 bits per heavy atom. The van der Waals surface area contributed by atoms with E-state index in [0.29, 0.717) is 18.2 Å². The van der Waals surface area contributed by atoms with E-state index in [1.54, 1.807) is 12.3 Å². The van der Waals surface area contributed by atoms with Crippen LogP contribution in [-0.2, 0) is 4.74 Å². The molecule has 1 aliphatic rings. The SMILES string of the molecule is CCOC(=O)c1csc([C@@H]2CCCN2c2ccnc(C(C)C)n2)n1. The van der Waals surface area contributed by atoms with Crippen molar-refractivity contribution in [1.82, 2.24) is 15.0 Å². The molecule has 0 N–H and O–H groups in total. The van der Waals surface area contributed by atoms with Crippen molar-refractivity contribution in [3.63, 3.8) is 0 Å². The predicted molar refractivity (Wildman–Crippen MR) is 93.5 cm³/mol. The summed E-state index contributed by atoms with van der Waals surface area (Å²) in [6, 6.07) is 2.11. The lowest BCUT2D eigenvalue weighted by atomic mass is 10.2. The average molecular weight is 346 g/mol. The number of anilines is 1. The van der Waals surface area contributed by atoms with Crippen molar-refractivity contribution in [1.29, 1.82) is 0 Å². The lowest BCUT2D eigenvalue weighted by molar-refractivity contribution is 0.0520. The van der Waals surface area contributed by atoms with E-state index < -0.39 is 0 Å². The fourth-order valence-corrected chi connectivity index (χ4v) is 3.77. The monoisotopic (exact) mass is 346 g/mol. The molecule has 7 heteroatoms. The summed E-state index contributed by atoms with van der Waals surface area (Å²) in [6.45, 7) is 7.28. The van der Waals surface area contributed by atoms with Crippen LogP contribution in [0.4, 0.5) is 5.82 Å². The smallest absolute Gasteiger partial charge is 0.357 e. The van der Waals surface area contributed by atoms with E-state index in [1.807, 2.05) is 12.3 Å². The van der Waals surface area contributed by atoms with E-state index in [-0.39, 0.29) is 12.0 Å². The topological polar surface area (TPSA) is 68.2 Å². The van der Waals surface area contributed by atoms with Gasteiger partial charge in [-0.15, -0.1) is 11.3 Å². The van der Waals surface area contributed by atoms with Gasteiger partial charge in [0.25, 0.3) is 0 Å². The van der Waals surface area contributed by atoms with Crippen molar-refractivity contribution in [2.75, 3.05) is 18.1 Å². The van der Waals surface area contributed by atoms with Gasteiger partial charge in [-0.25, -0.2) is 19.7 Å². The van der Waals surface area contributed by atoms with Crippen LogP contribution in [0, 0.1) is 0 Å². The van der Waals surface area contributed by atoms with Crippen LogP contribution in [0.3, 0.4) is 0 Å². The molecule has 1 fully saturated rings. The summed E-state index contributed by atoms with van der Waals surface area (Å²) in [7, 11) is 0. The summed E-state index contributed by atoms with van der Waals surface area (Å²) in [4.78, 5) is 27.6. The number of ether oxygens (including phenoxy) is 1. The first-order valence-electron chi connectivity index (χ1n) is 8.32. The molecule has 3 rings (SSSR count). The van der Waals surface area contributed by atoms with Gasteiger partial charge in [-0.05, 0) is 25.8 Å². The number of rotatable bonds is 5. The molecule has 0 unspecified atom stereocenters. The van der Waals surface area contributed by atoms with E-state index in [2.05, 4.69) is 28.7 Å². The van der Waals surface area contributed by atoms with Crippen molar-refractivity contribution < 1.29 is 9.53 Å². The normalized spacial score (nSPS) is 17.5. The minimum absolute atomic E-state index is 0.160. The minimum atomic E-state index is -0.353. The Morgan fingerprint density at radius 3 is 3.04 bits per heavy atom. The third kappa shape index (κ3) is 3.40. The van der Waals surface area contributed by atoms with Crippen LogP contribution in [0.5, 0.6) is 0 Å². The summed E-state index contributed by atoms with van der Waals surface area (Å²) in [6.07, 6.45) is 3.91. The fraction of sp³-hybridized carbons (Fsp3) is 0.529.